The second kappa shape index (κ2) is 5.85. The van der Waals surface area contributed by atoms with E-state index in [1.54, 1.807) is 7.05 Å². The van der Waals surface area contributed by atoms with Crippen LogP contribution in [0.2, 0.25) is 0 Å². The van der Waals surface area contributed by atoms with Crippen molar-refractivity contribution in [1.82, 2.24) is 4.90 Å². The minimum atomic E-state index is -2.80. The summed E-state index contributed by atoms with van der Waals surface area (Å²) in [6, 6.07) is 18.7. The number of hydrogen-bond donors (Lipinski definition) is 0. The van der Waals surface area contributed by atoms with Crippen LogP contribution in [-0.2, 0) is 9.36 Å². The Balaban J connectivity index is 2.51. The first-order chi connectivity index (χ1) is 9.16. The van der Waals surface area contributed by atoms with Crippen LogP contribution in [0.15, 0.2) is 60.7 Å². The van der Waals surface area contributed by atoms with Crippen LogP contribution in [0.25, 0.3) is 0 Å². The molecule has 0 unspecified atom stereocenters. The maximum absolute atomic E-state index is 13.4. The Bertz CT molecular complexity index is 540. The van der Waals surface area contributed by atoms with E-state index >= 15 is 0 Å². The third-order valence-electron chi connectivity index (χ3n) is 2.95. The molecule has 0 aliphatic carbocycles. The molecule has 4 heteroatoms. The van der Waals surface area contributed by atoms with Gasteiger partial charge in [-0.1, -0.05) is 60.7 Å². The Morgan fingerprint density at radius 1 is 0.947 bits per heavy atom. The summed E-state index contributed by atoms with van der Waals surface area (Å²) >= 11 is 0. The summed E-state index contributed by atoms with van der Waals surface area (Å²) in [7, 11) is -1.16. The molecular formula is C15H16NO2P. The Kier molecular flexibility index (Phi) is 4.18. The standard InChI is InChI=1S/C15H16NO2P/c1-16(12-17)13-19(18,14-8-4-2-5-9-14)15-10-6-3-7-11-15/h2-12H,13H2,1H3. The van der Waals surface area contributed by atoms with E-state index in [1.807, 2.05) is 60.7 Å². The molecule has 0 aliphatic rings. The van der Waals surface area contributed by atoms with Crippen molar-refractivity contribution in [1.29, 1.82) is 0 Å². The molecule has 0 atom stereocenters. The summed E-state index contributed by atoms with van der Waals surface area (Å²) in [6.07, 6.45) is 0.920. The van der Waals surface area contributed by atoms with Gasteiger partial charge in [-0.3, -0.25) is 4.79 Å². The second-order valence-electron chi connectivity index (χ2n) is 4.41. The van der Waals surface area contributed by atoms with Crippen LogP contribution < -0.4 is 10.6 Å². The third kappa shape index (κ3) is 2.94. The number of benzene rings is 2. The maximum atomic E-state index is 13.4. The van der Waals surface area contributed by atoms with Crippen LogP contribution in [0.5, 0.6) is 0 Å². The first-order valence-electron chi connectivity index (χ1n) is 6.02. The van der Waals surface area contributed by atoms with E-state index in [9.17, 15) is 9.36 Å². The average Bonchev–Trinajstić information content (AvgIpc) is 2.48. The highest BCUT2D eigenvalue weighted by molar-refractivity contribution is 7.78. The number of hydrogen-bond acceptors (Lipinski definition) is 2. The second-order valence-corrected chi connectivity index (χ2v) is 7.21. The van der Waals surface area contributed by atoms with Crippen molar-refractivity contribution in [3.05, 3.63) is 60.7 Å². The summed E-state index contributed by atoms with van der Waals surface area (Å²) in [4.78, 5) is 12.3. The van der Waals surface area contributed by atoms with Crippen molar-refractivity contribution in [2.45, 2.75) is 0 Å². The summed E-state index contributed by atoms with van der Waals surface area (Å²) < 4.78 is 13.4. The predicted molar refractivity (Wildman–Crippen MR) is 78.5 cm³/mol. The van der Waals surface area contributed by atoms with Crippen LogP contribution in [0.4, 0.5) is 0 Å². The van der Waals surface area contributed by atoms with Gasteiger partial charge in [0.2, 0.25) is 6.41 Å². The number of amides is 1. The van der Waals surface area contributed by atoms with Crippen LogP contribution in [0, 0.1) is 0 Å². The molecule has 1 amide bonds. The van der Waals surface area contributed by atoms with Gasteiger partial charge in [-0.2, -0.15) is 0 Å². The van der Waals surface area contributed by atoms with E-state index in [0.29, 0.717) is 6.41 Å². The minimum absolute atomic E-state index is 0.213. The first-order valence-corrected chi connectivity index (χ1v) is 7.92. The molecular weight excluding hydrogens is 257 g/mol. The third-order valence-corrected chi connectivity index (χ3v) is 6.06. The van der Waals surface area contributed by atoms with Gasteiger partial charge in [0.05, 0.1) is 6.29 Å². The van der Waals surface area contributed by atoms with E-state index in [0.717, 1.165) is 10.6 Å². The smallest absolute Gasteiger partial charge is 0.209 e. The van der Waals surface area contributed by atoms with Gasteiger partial charge in [-0.25, -0.2) is 0 Å². The van der Waals surface area contributed by atoms with Gasteiger partial charge in [0, 0.05) is 17.7 Å². The molecule has 0 N–H and O–H groups in total. The van der Waals surface area contributed by atoms with Crippen LogP contribution in [-0.4, -0.2) is 24.6 Å². The normalized spacial score (nSPS) is 11.0. The molecule has 2 aromatic carbocycles. The highest BCUT2D eigenvalue weighted by atomic mass is 31.2. The molecule has 0 saturated carbocycles. The van der Waals surface area contributed by atoms with E-state index in [2.05, 4.69) is 0 Å². The van der Waals surface area contributed by atoms with Crippen molar-refractivity contribution in [3.8, 4) is 0 Å². The van der Waals surface area contributed by atoms with Crippen molar-refractivity contribution >= 4 is 24.2 Å². The average molecular weight is 273 g/mol. The van der Waals surface area contributed by atoms with E-state index in [1.165, 1.54) is 4.90 Å². The number of carbonyl (C=O) groups excluding carboxylic acids is 1. The summed E-state index contributed by atoms with van der Waals surface area (Å²) in [6.45, 7) is 0. The van der Waals surface area contributed by atoms with Crippen molar-refractivity contribution in [2.24, 2.45) is 0 Å². The fraction of sp³-hybridized carbons (Fsp3) is 0.133. The molecule has 2 rings (SSSR count). The summed E-state index contributed by atoms with van der Waals surface area (Å²) in [5.41, 5.74) is 0. The molecule has 98 valence electrons. The quantitative estimate of drug-likeness (QED) is 0.617. The Labute approximate surface area is 113 Å². The zero-order valence-electron chi connectivity index (χ0n) is 10.8. The van der Waals surface area contributed by atoms with Crippen LogP contribution in [0.1, 0.15) is 0 Å². The highest BCUT2D eigenvalue weighted by Crippen LogP contribution is 2.43. The lowest BCUT2D eigenvalue weighted by atomic mass is 10.4. The summed E-state index contributed by atoms with van der Waals surface area (Å²) in [5.74, 6) is 0. The van der Waals surface area contributed by atoms with Gasteiger partial charge >= 0.3 is 0 Å². The monoisotopic (exact) mass is 273 g/mol. The van der Waals surface area contributed by atoms with Crippen LogP contribution in [0.3, 0.4) is 0 Å². The molecule has 0 aliphatic heterocycles. The lowest BCUT2D eigenvalue weighted by Crippen LogP contribution is -2.27. The predicted octanol–water partition coefficient (Wildman–Crippen LogP) is 2.05. The lowest BCUT2D eigenvalue weighted by Gasteiger charge is -2.23. The zero-order chi connectivity index (χ0) is 13.7. The molecule has 0 heterocycles. The fourth-order valence-electron chi connectivity index (χ4n) is 2.00. The highest BCUT2D eigenvalue weighted by Gasteiger charge is 2.28. The molecule has 0 saturated heterocycles. The van der Waals surface area contributed by atoms with Crippen LogP contribution >= 0.6 is 7.14 Å². The molecule has 19 heavy (non-hydrogen) atoms. The molecule has 2 aromatic rings. The summed E-state index contributed by atoms with van der Waals surface area (Å²) in [5, 5.41) is 1.55. The zero-order valence-corrected chi connectivity index (χ0v) is 11.7. The molecule has 0 radical (unpaired) electrons. The van der Waals surface area contributed by atoms with E-state index in [4.69, 9.17) is 0 Å². The first kappa shape index (κ1) is 13.6. The molecule has 0 aromatic heterocycles. The lowest BCUT2D eigenvalue weighted by molar-refractivity contribution is -0.116. The van der Waals surface area contributed by atoms with Crippen molar-refractivity contribution < 1.29 is 9.36 Å². The number of carbonyl (C=O) groups is 1. The fourth-order valence-corrected chi connectivity index (χ4v) is 4.62. The largest absolute Gasteiger partial charge is 0.340 e. The van der Waals surface area contributed by atoms with Crippen molar-refractivity contribution in [2.75, 3.05) is 13.3 Å². The number of nitrogens with zero attached hydrogens (tertiary/aromatic N) is 1. The molecule has 0 bridgehead atoms. The van der Waals surface area contributed by atoms with Gasteiger partial charge in [0.1, 0.15) is 0 Å². The van der Waals surface area contributed by atoms with E-state index in [-0.39, 0.29) is 6.29 Å². The Morgan fingerprint density at radius 2 is 1.37 bits per heavy atom. The Hall–Kier alpha value is -1.86. The maximum Gasteiger partial charge on any atom is 0.209 e. The number of rotatable bonds is 5. The van der Waals surface area contributed by atoms with Gasteiger partial charge in [-0.15, -0.1) is 0 Å². The van der Waals surface area contributed by atoms with Gasteiger partial charge in [0.25, 0.3) is 0 Å². The van der Waals surface area contributed by atoms with Crippen molar-refractivity contribution in [3.63, 3.8) is 0 Å². The van der Waals surface area contributed by atoms with Gasteiger partial charge < -0.3 is 9.46 Å². The van der Waals surface area contributed by atoms with Gasteiger partial charge in [0.15, 0.2) is 7.14 Å². The molecule has 0 spiro atoms. The minimum Gasteiger partial charge on any atom is -0.340 e. The molecule has 3 nitrogen and oxygen atoms in total. The Morgan fingerprint density at radius 3 is 1.74 bits per heavy atom. The topological polar surface area (TPSA) is 37.4 Å². The van der Waals surface area contributed by atoms with E-state index < -0.39 is 7.14 Å². The van der Waals surface area contributed by atoms with Gasteiger partial charge in [-0.05, 0) is 0 Å². The molecule has 0 fully saturated rings. The SMILES string of the molecule is CN(C=O)CP(=O)(c1ccccc1)c1ccccc1.